The number of hydrogen-bond donors (Lipinski definition) is 0. The summed E-state index contributed by atoms with van der Waals surface area (Å²) < 4.78 is 0. The van der Waals surface area contributed by atoms with E-state index in [0.717, 1.165) is 131 Å². The smallest absolute Gasteiger partial charge is 0.0716 e. The lowest BCUT2D eigenvalue weighted by Crippen LogP contribution is -2.30. The van der Waals surface area contributed by atoms with E-state index in [9.17, 15) is 0 Å². The van der Waals surface area contributed by atoms with Crippen LogP contribution in [-0.4, -0.2) is 0 Å². The second-order valence-corrected chi connectivity index (χ2v) is 31.9. The Bertz CT molecular complexity index is 4170. The molecule has 12 aromatic carbocycles. The van der Waals surface area contributed by atoms with Crippen molar-refractivity contribution in [2.24, 2.45) is 0 Å². The monoisotopic (exact) mass is 1430 g/mol. The van der Waals surface area contributed by atoms with E-state index in [4.69, 9.17) is 0 Å². The summed E-state index contributed by atoms with van der Waals surface area (Å²) in [6.45, 7) is 37.2. The van der Waals surface area contributed by atoms with E-state index in [0.29, 0.717) is 47.3 Å². The topological polar surface area (TPSA) is 13.0 Å². The van der Waals surface area contributed by atoms with Crippen molar-refractivity contribution in [3.8, 4) is 11.1 Å². The van der Waals surface area contributed by atoms with Crippen LogP contribution in [0.1, 0.15) is 276 Å². The Morgan fingerprint density at radius 1 is 0.193 bits per heavy atom. The molecule has 0 aliphatic heterocycles. The predicted molar refractivity (Wildman–Crippen MR) is 472 cm³/mol. The van der Waals surface area contributed by atoms with Crippen molar-refractivity contribution in [1.82, 2.24) is 0 Å². The Kier molecular flexibility index (Phi) is 24.2. The van der Waals surface area contributed by atoms with Crippen molar-refractivity contribution >= 4 is 68.2 Å². The average Bonchev–Trinajstić information content (AvgIpc) is 1.56. The van der Waals surface area contributed by atoms with Gasteiger partial charge in [-0.15, -0.1) is 0 Å². The summed E-state index contributed by atoms with van der Waals surface area (Å²) in [5, 5.41) is 0. The van der Waals surface area contributed by atoms with Crippen LogP contribution in [0.15, 0.2) is 279 Å². The second kappa shape index (κ2) is 34.2. The van der Waals surface area contributed by atoms with Crippen LogP contribution in [0.3, 0.4) is 0 Å². The molecule has 1 aliphatic rings. The van der Waals surface area contributed by atoms with Gasteiger partial charge in [0.2, 0.25) is 0 Å². The molecule has 0 saturated carbocycles. The molecule has 0 fully saturated rings. The number of fused-ring (bicyclic) bond motifs is 3. The normalized spacial score (nSPS) is 14.5. The highest BCUT2D eigenvalue weighted by molar-refractivity contribution is 5.93. The fourth-order valence-electron chi connectivity index (χ4n) is 16.5. The summed E-state index contributed by atoms with van der Waals surface area (Å²) in [5.74, 6) is 3.30. The average molecular weight is 1440 g/mol. The Balaban J connectivity index is 1.21. The highest BCUT2D eigenvalue weighted by atomic mass is 15.2. The first kappa shape index (κ1) is 77.0. The zero-order valence-corrected chi connectivity index (χ0v) is 68.1. The molecular weight excluding hydrogens is 1320 g/mol. The van der Waals surface area contributed by atoms with Gasteiger partial charge in [-0.3, -0.25) is 0 Å². The van der Waals surface area contributed by atoms with Crippen LogP contribution in [0.5, 0.6) is 0 Å². The van der Waals surface area contributed by atoms with E-state index in [1.165, 1.54) is 66.8 Å². The number of benzene rings is 12. The van der Waals surface area contributed by atoms with E-state index in [1.807, 2.05) is 0 Å². The Hall–Kier alpha value is -10.2. The van der Waals surface area contributed by atoms with Crippen molar-refractivity contribution in [2.75, 3.05) is 19.6 Å². The van der Waals surface area contributed by atoms with Gasteiger partial charge in [-0.2, -0.15) is 0 Å². The Labute approximate surface area is 655 Å². The van der Waals surface area contributed by atoms with Crippen molar-refractivity contribution in [1.29, 1.82) is 0 Å². The zero-order chi connectivity index (χ0) is 76.6. The Morgan fingerprint density at radius 2 is 0.349 bits per heavy atom. The third-order valence-electron chi connectivity index (χ3n) is 25.3. The van der Waals surface area contributed by atoms with Crippen molar-refractivity contribution in [3.63, 3.8) is 0 Å². The molecule has 0 radical (unpaired) electrons. The maximum atomic E-state index is 2.58. The number of rotatable bonds is 30. The first-order valence-electron chi connectivity index (χ1n) is 41.5. The molecule has 109 heavy (non-hydrogen) atoms. The molecule has 0 heterocycles. The van der Waals surface area contributed by atoms with E-state index in [2.05, 4.69) is 409 Å². The summed E-state index contributed by atoms with van der Waals surface area (Å²) in [4.78, 5) is 10.2. The fraction of sp³-hybridized carbons (Fsp3) is 0.314. The van der Waals surface area contributed by atoms with E-state index < -0.39 is 5.41 Å². The molecule has 0 N–H and O–H groups in total. The van der Waals surface area contributed by atoms with Crippen LogP contribution in [0.25, 0.3) is 11.1 Å². The van der Waals surface area contributed by atoms with Crippen LogP contribution < -0.4 is 19.6 Å². The molecule has 0 amide bonds. The maximum absolute atomic E-state index is 2.58. The number of nitrogens with zero attached hydrogens (tertiary/aromatic N) is 4. The Morgan fingerprint density at radius 3 is 0.505 bits per heavy atom. The molecule has 0 spiro atoms. The summed E-state index contributed by atoms with van der Waals surface area (Å²) in [6, 6.07) is 110. The number of hydrogen-bond acceptors (Lipinski definition) is 4. The van der Waals surface area contributed by atoms with Crippen molar-refractivity contribution < 1.29 is 0 Å². The van der Waals surface area contributed by atoms with Gasteiger partial charge in [0.1, 0.15) is 0 Å². The van der Waals surface area contributed by atoms with Gasteiger partial charge in [-0.05, 0) is 310 Å². The third kappa shape index (κ3) is 15.6. The van der Waals surface area contributed by atoms with Gasteiger partial charge in [0.15, 0.2) is 0 Å². The van der Waals surface area contributed by atoms with Gasteiger partial charge in [0.05, 0.1) is 5.41 Å². The number of anilines is 12. The lowest BCUT2D eigenvalue weighted by molar-refractivity contribution is 0.733. The van der Waals surface area contributed by atoms with Crippen LogP contribution in [0.4, 0.5) is 68.2 Å². The molecule has 4 nitrogen and oxygen atoms in total. The van der Waals surface area contributed by atoms with Crippen LogP contribution >= 0.6 is 0 Å². The highest BCUT2D eigenvalue weighted by Crippen LogP contribution is 2.60. The lowest BCUT2D eigenvalue weighted by Gasteiger charge is -2.39. The first-order valence-corrected chi connectivity index (χ1v) is 41.5. The van der Waals surface area contributed by atoms with Crippen LogP contribution in [0, 0.1) is 0 Å². The van der Waals surface area contributed by atoms with Gasteiger partial charge in [0, 0.05) is 68.2 Å². The minimum absolute atomic E-state index is 0.413. The highest BCUT2D eigenvalue weighted by Gasteiger charge is 2.48. The molecule has 0 bridgehead atoms. The van der Waals surface area contributed by atoms with Gasteiger partial charge in [-0.25, -0.2) is 0 Å². The molecule has 1 aliphatic carbocycles. The summed E-state index contributed by atoms with van der Waals surface area (Å²) >= 11 is 0. The van der Waals surface area contributed by atoms with Crippen molar-refractivity contribution in [2.45, 2.75) is 215 Å². The quantitative estimate of drug-likeness (QED) is 0.0445. The molecule has 4 heteroatoms. The molecule has 13 rings (SSSR count). The largest absolute Gasteiger partial charge is 0.310 e. The second-order valence-electron chi connectivity index (χ2n) is 31.9. The van der Waals surface area contributed by atoms with Crippen LogP contribution in [-0.2, 0) is 5.41 Å². The summed E-state index contributed by atoms with van der Waals surface area (Å²) in [7, 11) is 0. The minimum Gasteiger partial charge on any atom is -0.310 e. The predicted octanol–water partition coefficient (Wildman–Crippen LogP) is 32.0. The molecule has 12 aromatic rings. The maximum Gasteiger partial charge on any atom is 0.0716 e. The van der Waals surface area contributed by atoms with Gasteiger partial charge >= 0.3 is 0 Å². The van der Waals surface area contributed by atoms with E-state index >= 15 is 0 Å². The molecule has 558 valence electrons. The molecule has 8 unspecified atom stereocenters. The van der Waals surface area contributed by atoms with Gasteiger partial charge in [0.25, 0.3) is 0 Å². The van der Waals surface area contributed by atoms with Gasteiger partial charge < -0.3 is 19.6 Å². The van der Waals surface area contributed by atoms with Crippen LogP contribution in [0.2, 0.25) is 0 Å². The molecule has 8 atom stereocenters. The molecule has 0 aromatic heterocycles. The fourth-order valence-corrected chi connectivity index (χ4v) is 16.5. The summed E-state index contributed by atoms with van der Waals surface area (Å²) in [5.41, 5.74) is 30.0. The molecular formula is C105H118N4. The first-order chi connectivity index (χ1) is 53.0. The van der Waals surface area contributed by atoms with E-state index in [-0.39, 0.29) is 0 Å². The third-order valence-corrected chi connectivity index (χ3v) is 25.3. The summed E-state index contributed by atoms with van der Waals surface area (Å²) in [6.07, 6.45) is 8.49. The molecule has 0 saturated heterocycles. The SMILES string of the molecule is CCC(C)c1ccc(N(c2ccc(C(C)CC)cc2)c2cc(N(c3ccc(C(C)CC)cc3)c3ccc(C(C)CC)cc3)cc(C3(c4cc(N(c5ccc(C(C)CC)cc5)c5ccc(C(C)CC)cc5)cc(N(c5ccc(C(C)CC)cc5)c5ccc(C(C)CC)cc5)c4)c4ccccc4-c4ccccc43)c2)cc1. The van der Waals surface area contributed by atoms with E-state index in [1.54, 1.807) is 0 Å². The standard InChI is InChI=1S/C105H118N4/c1-17-71(9)79-33-49-89(50-34-79)106(90-51-35-80(36-52-90)72(10)18-2)97-65-87(66-98(69-97)107(91-53-37-81(38-54-91)73(11)19-3)92-55-39-82(40-56-92)74(12)20-4)105(103-31-27-25-29-101(103)102-30-26-28-32-104(102)105)88-67-99(108(93-57-41-83(42-58-93)75(13)21-5)94-59-43-84(44-60-94)76(14)22-6)70-100(68-88)109(95-61-45-85(46-62-95)77(15)23-7)96-63-47-86(48-64-96)78(16)24-8/h25-78H,17-24H2,1-16H3. The minimum atomic E-state index is -0.972. The van der Waals surface area contributed by atoms with Gasteiger partial charge in [-0.1, -0.05) is 256 Å². The lowest BCUT2D eigenvalue weighted by atomic mass is 9.67. The van der Waals surface area contributed by atoms with Crippen molar-refractivity contribution in [3.05, 3.63) is 346 Å². The zero-order valence-electron chi connectivity index (χ0n) is 68.1.